The van der Waals surface area contributed by atoms with Gasteiger partial charge in [0.2, 0.25) is 11.8 Å². The van der Waals surface area contributed by atoms with Crippen LogP contribution in [0.4, 0.5) is 0 Å². The third-order valence-corrected chi connectivity index (χ3v) is 4.00. The monoisotopic (exact) mass is 267 g/mol. The van der Waals surface area contributed by atoms with Crippen LogP contribution in [-0.4, -0.2) is 33.3 Å². The van der Waals surface area contributed by atoms with E-state index in [1.54, 1.807) is 25.7 Å². The lowest BCUT2D eigenvalue weighted by molar-refractivity contribution is -0.153. The molecule has 1 aliphatic heterocycles. The minimum Gasteiger partial charge on any atom is -0.340 e. The Labute approximate surface area is 110 Å². The van der Waals surface area contributed by atoms with Crippen LogP contribution in [0.3, 0.4) is 0 Å². The van der Waals surface area contributed by atoms with Gasteiger partial charge in [0.05, 0.1) is 6.54 Å². The topological polar surface area (TPSA) is 62.3 Å². The van der Waals surface area contributed by atoms with E-state index in [2.05, 4.69) is 10.3 Å². The van der Waals surface area contributed by atoms with E-state index < -0.39 is 11.6 Å². The summed E-state index contributed by atoms with van der Waals surface area (Å²) in [6, 6.07) is -0.449. The first-order valence-electron chi connectivity index (χ1n) is 5.85. The molecule has 5 nitrogen and oxygen atoms in total. The van der Waals surface area contributed by atoms with Crippen molar-refractivity contribution in [3.63, 3.8) is 0 Å². The summed E-state index contributed by atoms with van der Waals surface area (Å²) < 4.78 is 0. The number of nitrogens with zero attached hydrogens (tertiary/aromatic N) is 2. The summed E-state index contributed by atoms with van der Waals surface area (Å²) in [7, 11) is 0. The van der Waals surface area contributed by atoms with Crippen LogP contribution in [0, 0.1) is 6.92 Å². The van der Waals surface area contributed by atoms with Gasteiger partial charge in [0, 0.05) is 11.1 Å². The lowest BCUT2D eigenvalue weighted by Gasteiger charge is -2.41. The Balaban J connectivity index is 2.23. The molecule has 1 saturated heterocycles. The predicted molar refractivity (Wildman–Crippen MR) is 69.1 cm³/mol. The number of hydrogen-bond acceptors (Lipinski definition) is 4. The fraction of sp³-hybridized carbons (Fsp3) is 0.583. The molecule has 2 heterocycles. The fourth-order valence-electron chi connectivity index (χ4n) is 1.97. The Morgan fingerprint density at radius 1 is 1.50 bits per heavy atom. The second-order valence-corrected chi connectivity index (χ2v) is 6.05. The maximum Gasteiger partial charge on any atom is 0.248 e. The van der Waals surface area contributed by atoms with Gasteiger partial charge in [-0.15, -0.1) is 11.3 Å². The molecule has 0 bridgehead atoms. The molecule has 1 atom stereocenters. The number of aryl methyl sites for hydroxylation is 1. The minimum atomic E-state index is -0.837. The number of piperazine rings is 1. The van der Waals surface area contributed by atoms with Crippen LogP contribution in [0.2, 0.25) is 0 Å². The number of hydrogen-bond donors (Lipinski definition) is 1. The second kappa shape index (κ2) is 4.35. The Hall–Kier alpha value is -1.43. The molecule has 98 valence electrons. The van der Waals surface area contributed by atoms with E-state index in [0.29, 0.717) is 6.54 Å². The highest BCUT2D eigenvalue weighted by molar-refractivity contribution is 7.09. The van der Waals surface area contributed by atoms with E-state index in [9.17, 15) is 9.59 Å². The van der Waals surface area contributed by atoms with Gasteiger partial charge in [-0.1, -0.05) is 0 Å². The molecule has 0 aliphatic carbocycles. The zero-order valence-corrected chi connectivity index (χ0v) is 11.8. The summed E-state index contributed by atoms with van der Waals surface area (Å²) in [4.78, 5) is 30.1. The van der Waals surface area contributed by atoms with Crippen LogP contribution in [0.15, 0.2) is 5.38 Å². The number of aromatic nitrogens is 1. The Bertz CT molecular complexity index is 495. The molecule has 18 heavy (non-hydrogen) atoms. The smallest absolute Gasteiger partial charge is 0.248 e. The predicted octanol–water partition coefficient (Wildman–Crippen LogP) is 1.08. The molecule has 0 aromatic carbocycles. The van der Waals surface area contributed by atoms with Crippen LogP contribution >= 0.6 is 11.3 Å². The summed E-state index contributed by atoms with van der Waals surface area (Å²) in [6.45, 7) is 7.49. The molecule has 1 aliphatic rings. The average Bonchev–Trinajstić information content (AvgIpc) is 2.67. The molecule has 1 unspecified atom stereocenters. The van der Waals surface area contributed by atoms with Gasteiger partial charge >= 0.3 is 0 Å². The van der Waals surface area contributed by atoms with Crippen LogP contribution in [0.1, 0.15) is 31.5 Å². The number of amides is 2. The first kappa shape index (κ1) is 13.0. The highest BCUT2D eigenvalue weighted by Crippen LogP contribution is 2.21. The first-order valence-corrected chi connectivity index (χ1v) is 6.73. The zero-order chi connectivity index (χ0) is 13.5. The Morgan fingerprint density at radius 2 is 2.17 bits per heavy atom. The van der Waals surface area contributed by atoms with Crippen molar-refractivity contribution in [1.29, 1.82) is 0 Å². The van der Waals surface area contributed by atoms with E-state index in [4.69, 9.17) is 0 Å². The van der Waals surface area contributed by atoms with E-state index in [0.717, 1.165) is 10.7 Å². The van der Waals surface area contributed by atoms with Crippen LogP contribution in [0.5, 0.6) is 0 Å². The molecule has 2 amide bonds. The summed E-state index contributed by atoms with van der Waals surface area (Å²) in [6.07, 6.45) is 0. The van der Waals surface area contributed by atoms with Gasteiger partial charge in [0.15, 0.2) is 0 Å². The van der Waals surface area contributed by atoms with Crippen molar-refractivity contribution in [2.75, 3.05) is 0 Å². The molecule has 0 spiro atoms. The fourth-order valence-corrected chi connectivity index (χ4v) is 2.74. The molecular formula is C12H17N3O2S. The Kier molecular flexibility index (Phi) is 3.14. The van der Waals surface area contributed by atoms with Crippen molar-refractivity contribution in [2.45, 2.75) is 45.8 Å². The number of carbonyl (C=O) groups excluding carboxylic acids is 2. The van der Waals surface area contributed by atoms with E-state index >= 15 is 0 Å². The third-order valence-electron chi connectivity index (χ3n) is 3.05. The highest BCUT2D eigenvalue weighted by Gasteiger charge is 2.43. The van der Waals surface area contributed by atoms with Crippen molar-refractivity contribution in [1.82, 2.24) is 15.2 Å². The lowest BCUT2D eigenvalue weighted by Crippen LogP contribution is -2.66. The quantitative estimate of drug-likeness (QED) is 0.872. The molecule has 1 fully saturated rings. The zero-order valence-electron chi connectivity index (χ0n) is 11.0. The standard InChI is InChI=1S/C12H17N3O2S/c1-7-6-18-9(13-7)5-15-8(2)10(16)14-12(3,4)11(15)17/h6,8H,5H2,1-4H3,(H,14,16). The molecule has 0 radical (unpaired) electrons. The van der Waals surface area contributed by atoms with Crippen molar-refractivity contribution in [2.24, 2.45) is 0 Å². The van der Waals surface area contributed by atoms with Crippen molar-refractivity contribution in [3.8, 4) is 0 Å². The molecule has 2 rings (SSSR count). The second-order valence-electron chi connectivity index (χ2n) is 5.11. The van der Waals surface area contributed by atoms with E-state index in [1.165, 1.54) is 11.3 Å². The van der Waals surface area contributed by atoms with Crippen molar-refractivity contribution >= 4 is 23.2 Å². The van der Waals surface area contributed by atoms with Gasteiger partial charge in [-0.25, -0.2) is 4.98 Å². The molecule has 0 saturated carbocycles. The van der Waals surface area contributed by atoms with Gasteiger partial charge in [0.25, 0.3) is 0 Å². The van der Waals surface area contributed by atoms with Gasteiger partial charge in [-0.3, -0.25) is 9.59 Å². The Morgan fingerprint density at radius 3 is 2.72 bits per heavy atom. The van der Waals surface area contributed by atoms with Crippen molar-refractivity contribution in [3.05, 3.63) is 16.1 Å². The maximum atomic E-state index is 12.3. The highest BCUT2D eigenvalue weighted by atomic mass is 32.1. The van der Waals surface area contributed by atoms with Crippen molar-refractivity contribution < 1.29 is 9.59 Å². The van der Waals surface area contributed by atoms with Gasteiger partial charge in [-0.2, -0.15) is 0 Å². The van der Waals surface area contributed by atoms with Gasteiger partial charge in [0.1, 0.15) is 16.6 Å². The minimum absolute atomic E-state index is 0.0672. The summed E-state index contributed by atoms with van der Waals surface area (Å²) in [5, 5.41) is 5.53. The number of thiazole rings is 1. The summed E-state index contributed by atoms with van der Waals surface area (Å²) in [5.41, 5.74) is 0.103. The van der Waals surface area contributed by atoms with Crippen LogP contribution in [-0.2, 0) is 16.1 Å². The summed E-state index contributed by atoms with van der Waals surface area (Å²) >= 11 is 1.51. The van der Waals surface area contributed by atoms with Gasteiger partial charge in [-0.05, 0) is 27.7 Å². The first-order chi connectivity index (χ1) is 8.31. The molecule has 1 aromatic heterocycles. The maximum absolute atomic E-state index is 12.3. The van der Waals surface area contributed by atoms with E-state index in [1.807, 2.05) is 12.3 Å². The molecule has 1 aromatic rings. The third kappa shape index (κ3) is 2.25. The average molecular weight is 267 g/mol. The number of nitrogens with one attached hydrogen (secondary N) is 1. The van der Waals surface area contributed by atoms with Gasteiger partial charge < -0.3 is 10.2 Å². The molecule has 1 N–H and O–H groups in total. The van der Waals surface area contributed by atoms with Crippen LogP contribution < -0.4 is 5.32 Å². The lowest BCUT2D eigenvalue weighted by atomic mass is 9.97. The normalized spacial score (nSPS) is 23.1. The van der Waals surface area contributed by atoms with Crippen LogP contribution in [0.25, 0.3) is 0 Å². The van der Waals surface area contributed by atoms with E-state index in [-0.39, 0.29) is 11.8 Å². The largest absolute Gasteiger partial charge is 0.340 e. The molecule has 6 heteroatoms. The SMILES string of the molecule is Cc1csc(CN2C(=O)C(C)(C)NC(=O)C2C)n1. The number of carbonyl (C=O) groups is 2. The number of rotatable bonds is 2. The molecular weight excluding hydrogens is 250 g/mol. The summed E-state index contributed by atoms with van der Waals surface area (Å²) in [5.74, 6) is -0.185.